The number of hydrogen-bond acceptors (Lipinski definition) is 6. The van der Waals surface area contributed by atoms with Gasteiger partial charge in [0, 0.05) is 31.7 Å². The lowest BCUT2D eigenvalue weighted by Crippen LogP contribution is -2.35. The van der Waals surface area contributed by atoms with Gasteiger partial charge in [-0.1, -0.05) is 54.6 Å². The van der Waals surface area contributed by atoms with Gasteiger partial charge in [0.2, 0.25) is 27.5 Å². The van der Waals surface area contributed by atoms with Crippen LogP contribution in [0.2, 0.25) is 0 Å². The van der Waals surface area contributed by atoms with Crippen LogP contribution in [0.1, 0.15) is 12.1 Å². The van der Waals surface area contributed by atoms with Gasteiger partial charge in [-0.05, 0) is 35.4 Å². The summed E-state index contributed by atoms with van der Waals surface area (Å²) < 4.78 is 33.7. The Kier molecular flexibility index (Phi) is 5.58. The summed E-state index contributed by atoms with van der Waals surface area (Å²) in [5.41, 5.74) is 1.02. The molecular formula is C25H22N4O3S. The summed E-state index contributed by atoms with van der Waals surface area (Å²) in [6.45, 7) is 1.68. The fourth-order valence-electron chi connectivity index (χ4n) is 4.21. The standard InChI is InChI=1S/C25H22N4O3S/c26-18-23-25(32-24(27-23)22-13-6-9-19-8-4-5-12-21(19)22)28-14-7-15-29(17-16-28)33(30,31)20-10-2-1-3-11-20/h1-6,8-13H,7,14-17H2. The van der Waals surface area contributed by atoms with Crippen molar-refractivity contribution in [3.05, 3.63) is 78.5 Å². The smallest absolute Gasteiger partial charge is 0.243 e. The molecule has 0 saturated carbocycles. The number of fused-ring (bicyclic) bond motifs is 1. The van der Waals surface area contributed by atoms with E-state index in [0.29, 0.717) is 44.4 Å². The molecule has 166 valence electrons. The Bertz CT molecular complexity index is 1440. The second-order valence-corrected chi connectivity index (χ2v) is 9.81. The molecule has 1 aliphatic rings. The molecule has 1 aromatic heterocycles. The first kappa shape index (κ1) is 21.2. The Labute approximate surface area is 192 Å². The van der Waals surface area contributed by atoms with E-state index in [4.69, 9.17) is 4.42 Å². The lowest BCUT2D eigenvalue weighted by Gasteiger charge is -2.21. The van der Waals surface area contributed by atoms with Crippen molar-refractivity contribution < 1.29 is 12.8 Å². The molecule has 7 nitrogen and oxygen atoms in total. The lowest BCUT2D eigenvalue weighted by molar-refractivity contribution is 0.432. The van der Waals surface area contributed by atoms with Crippen molar-refractivity contribution in [3.63, 3.8) is 0 Å². The first-order chi connectivity index (χ1) is 16.1. The van der Waals surface area contributed by atoms with E-state index in [1.165, 1.54) is 4.31 Å². The molecule has 3 aromatic carbocycles. The molecule has 2 heterocycles. The van der Waals surface area contributed by atoms with Crippen LogP contribution in [0, 0.1) is 11.3 Å². The molecule has 4 aromatic rings. The number of rotatable bonds is 4. The summed E-state index contributed by atoms with van der Waals surface area (Å²) >= 11 is 0. The number of hydrogen-bond donors (Lipinski definition) is 0. The van der Waals surface area contributed by atoms with Crippen molar-refractivity contribution in [3.8, 4) is 17.5 Å². The average molecular weight is 459 g/mol. The van der Waals surface area contributed by atoms with Crippen molar-refractivity contribution in [1.29, 1.82) is 5.26 Å². The number of aromatic nitrogens is 1. The zero-order valence-corrected chi connectivity index (χ0v) is 18.7. The molecule has 0 bridgehead atoms. The van der Waals surface area contributed by atoms with Crippen LogP contribution in [0.5, 0.6) is 0 Å². The normalized spacial score (nSPS) is 15.3. The molecule has 0 unspecified atom stereocenters. The summed E-state index contributed by atoms with van der Waals surface area (Å²) in [6, 6.07) is 24.4. The third kappa shape index (κ3) is 3.97. The molecule has 8 heteroatoms. The van der Waals surface area contributed by atoms with E-state index < -0.39 is 10.0 Å². The highest BCUT2D eigenvalue weighted by Crippen LogP contribution is 2.33. The zero-order valence-electron chi connectivity index (χ0n) is 17.9. The van der Waals surface area contributed by atoms with Crippen LogP contribution in [0.25, 0.3) is 22.2 Å². The molecule has 0 radical (unpaired) electrons. The minimum Gasteiger partial charge on any atom is -0.419 e. The topological polar surface area (TPSA) is 90.4 Å². The van der Waals surface area contributed by atoms with Crippen molar-refractivity contribution in [2.45, 2.75) is 11.3 Å². The summed E-state index contributed by atoms with van der Waals surface area (Å²) in [4.78, 5) is 6.67. The van der Waals surface area contributed by atoms with E-state index in [-0.39, 0.29) is 10.6 Å². The Morgan fingerprint density at radius 3 is 2.45 bits per heavy atom. The molecular weight excluding hydrogens is 436 g/mol. The molecule has 5 rings (SSSR count). The number of nitrogens with zero attached hydrogens (tertiary/aromatic N) is 4. The largest absolute Gasteiger partial charge is 0.419 e. The maximum atomic E-state index is 13.0. The Balaban J connectivity index is 1.44. The number of anilines is 1. The molecule has 0 amide bonds. The second kappa shape index (κ2) is 8.70. The molecule has 1 saturated heterocycles. The molecule has 0 aliphatic carbocycles. The summed E-state index contributed by atoms with van der Waals surface area (Å²) in [5, 5.41) is 11.8. The first-order valence-electron chi connectivity index (χ1n) is 10.8. The van der Waals surface area contributed by atoms with Gasteiger partial charge < -0.3 is 9.32 Å². The van der Waals surface area contributed by atoms with Crippen molar-refractivity contribution in [1.82, 2.24) is 9.29 Å². The van der Waals surface area contributed by atoms with Crippen LogP contribution in [0.15, 0.2) is 82.1 Å². The van der Waals surface area contributed by atoms with Gasteiger partial charge in [-0.3, -0.25) is 0 Å². The minimum atomic E-state index is -3.57. The highest BCUT2D eigenvalue weighted by Gasteiger charge is 2.29. The number of nitriles is 1. The summed E-state index contributed by atoms with van der Waals surface area (Å²) in [7, 11) is -3.57. The van der Waals surface area contributed by atoms with Gasteiger partial charge in [0.05, 0.1) is 4.90 Å². The van der Waals surface area contributed by atoms with E-state index in [0.717, 1.165) is 16.3 Å². The summed E-state index contributed by atoms with van der Waals surface area (Å²) in [5.74, 6) is 0.774. The van der Waals surface area contributed by atoms with Gasteiger partial charge in [0.25, 0.3) is 0 Å². The van der Waals surface area contributed by atoms with Crippen molar-refractivity contribution in [2.75, 3.05) is 31.1 Å². The van der Waals surface area contributed by atoms with Crippen LogP contribution in [-0.2, 0) is 10.0 Å². The van der Waals surface area contributed by atoms with Crippen LogP contribution < -0.4 is 4.90 Å². The van der Waals surface area contributed by atoms with Gasteiger partial charge in [-0.25, -0.2) is 8.42 Å². The van der Waals surface area contributed by atoms with Gasteiger partial charge in [0.15, 0.2) is 0 Å². The molecule has 1 fully saturated rings. The van der Waals surface area contributed by atoms with Crippen LogP contribution in [-0.4, -0.2) is 43.9 Å². The Hall–Kier alpha value is -3.67. The van der Waals surface area contributed by atoms with Crippen molar-refractivity contribution >= 4 is 26.7 Å². The average Bonchev–Trinajstić information content (AvgIpc) is 3.12. The van der Waals surface area contributed by atoms with E-state index in [1.807, 2.05) is 47.4 Å². The molecule has 1 aliphatic heterocycles. The Morgan fingerprint density at radius 1 is 0.879 bits per heavy atom. The monoisotopic (exact) mass is 458 g/mol. The summed E-state index contributed by atoms with van der Waals surface area (Å²) in [6.07, 6.45) is 0.612. The number of oxazole rings is 1. The van der Waals surface area contributed by atoms with Gasteiger partial charge >= 0.3 is 0 Å². The van der Waals surface area contributed by atoms with E-state index in [1.54, 1.807) is 30.3 Å². The van der Waals surface area contributed by atoms with E-state index >= 15 is 0 Å². The molecule has 33 heavy (non-hydrogen) atoms. The first-order valence-corrected chi connectivity index (χ1v) is 12.2. The third-order valence-electron chi connectivity index (χ3n) is 5.86. The minimum absolute atomic E-state index is 0.206. The molecule has 0 N–H and O–H groups in total. The van der Waals surface area contributed by atoms with Gasteiger partial charge in [-0.2, -0.15) is 14.6 Å². The molecule has 0 spiro atoms. The predicted molar refractivity (Wildman–Crippen MR) is 126 cm³/mol. The van der Waals surface area contributed by atoms with Crippen LogP contribution in [0.4, 0.5) is 5.88 Å². The van der Waals surface area contributed by atoms with Crippen LogP contribution in [0.3, 0.4) is 0 Å². The molecule has 0 atom stereocenters. The highest BCUT2D eigenvalue weighted by atomic mass is 32.2. The second-order valence-electron chi connectivity index (χ2n) is 7.87. The SMILES string of the molecule is N#Cc1nc(-c2cccc3ccccc23)oc1N1CCCN(S(=O)(=O)c2ccccc2)CC1. The predicted octanol–water partition coefficient (Wildman–Crippen LogP) is 4.27. The lowest BCUT2D eigenvalue weighted by atomic mass is 10.0. The fourth-order valence-corrected chi connectivity index (χ4v) is 5.70. The quantitative estimate of drug-likeness (QED) is 0.454. The maximum Gasteiger partial charge on any atom is 0.243 e. The zero-order chi connectivity index (χ0) is 22.8. The van der Waals surface area contributed by atoms with E-state index in [2.05, 4.69) is 11.1 Å². The number of sulfonamides is 1. The fraction of sp³-hybridized carbons (Fsp3) is 0.200. The van der Waals surface area contributed by atoms with E-state index in [9.17, 15) is 13.7 Å². The number of benzene rings is 3. The third-order valence-corrected chi connectivity index (χ3v) is 7.77. The Morgan fingerprint density at radius 2 is 1.64 bits per heavy atom. The van der Waals surface area contributed by atoms with Gasteiger partial charge in [0.1, 0.15) is 6.07 Å². The maximum absolute atomic E-state index is 13.0. The van der Waals surface area contributed by atoms with Gasteiger partial charge in [-0.15, -0.1) is 0 Å². The van der Waals surface area contributed by atoms with Crippen molar-refractivity contribution in [2.24, 2.45) is 0 Å². The highest BCUT2D eigenvalue weighted by molar-refractivity contribution is 7.89. The van der Waals surface area contributed by atoms with Crippen LogP contribution >= 0.6 is 0 Å².